The van der Waals surface area contributed by atoms with Gasteiger partial charge in [-0.2, -0.15) is 0 Å². The normalized spacial score (nSPS) is 47.1. The van der Waals surface area contributed by atoms with Gasteiger partial charge in [-0.05, 0) is 49.9 Å². The first kappa shape index (κ1) is 11.7. The van der Waals surface area contributed by atoms with Crippen LogP contribution in [0.25, 0.3) is 0 Å². The number of likely N-dealkylation sites (tertiary alicyclic amines) is 1. The molecule has 4 aliphatic rings. The first-order valence-corrected chi connectivity index (χ1v) is 7.62. The molecule has 0 bridgehead atoms. The molecular weight excluding hydrogens is 242 g/mol. The smallest absolute Gasteiger partial charge is 0.311 e. The van der Waals surface area contributed by atoms with Crippen molar-refractivity contribution in [3.63, 3.8) is 0 Å². The van der Waals surface area contributed by atoms with Crippen LogP contribution < -0.4 is 0 Å². The molecule has 19 heavy (non-hydrogen) atoms. The highest BCUT2D eigenvalue weighted by molar-refractivity contribution is 5.83. The third kappa shape index (κ3) is 1.58. The Labute approximate surface area is 113 Å². The lowest BCUT2D eigenvalue weighted by Crippen LogP contribution is -2.39. The summed E-state index contributed by atoms with van der Waals surface area (Å²) in [6, 6.07) is 0. The van der Waals surface area contributed by atoms with Crippen LogP contribution in [0.2, 0.25) is 0 Å². The molecule has 1 aliphatic heterocycles. The molecule has 104 valence electrons. The summed E-state index contributed by atoms with van der Waals surface area (Å²) in [6.45, 7) is 1.16. The zero-order chi connectivity index (χ0) is 13.2. The van der Waals surface area contributed by atoms with E-state index in [1.165, 1.54) is 6.42 Å². The van der Waals surface area contributed by atoms with E-state index in [4.69, 9.17) is 0 Å². The molecule has 1 unspecified atom stereocenters. The zero-order valence-electron chi connectivity index (χ0n) is 11.2. The molecular formula is C15H21NO3. The Morgan fingerprint density at radius 2 is 1.89 bits per heavy atom. The van der Waals surface area contributed by atoms with Crippen molar-refractivity contribution in [2.45, 2.75) is 38.5 Å². The highest BCUT2D eigenvalue weighted by Crippen LogP contribution is 2.55. The Morgan fingerprint density at radius 3 is 2.53 bits per heavy atom. The molecule has 4 rings (SSSR count). The molecule has 0 aromatic carbocycles. The number of aliphatic carboxylic acids is 1. The maximum Gasteiger partial charge on any atom is 0.311 e. The number of rotatable bonds is 2. The summed E-state index contributed by atoms with van der Waals surface area (Å²) in [5.74, 6) is 1.59. The molecule has 1 saturated heterocycles. The number of carboxylic acids is 1. The molecule has 0 radical (unpaired) electrons. The average Bonchev–Trinajstić information content (AvgIpc) is 2.80. The standard InChI is InChI=1S/C15H21NO3/c17-13(11-5-9-4-10(9)6-11)16-7-12-2-1-3-15(12,8-16)14(18)19/h9-12H,1-8H2,(H,18,19)/t9-,10+,11?,12-,15-/m0/s1. The molecule has 4 fully saturated rings. The van der Waals surface area contributed by atoms with Crippen molar-refractivity contribution in [3.8, 4) is 0 Å². The number of carbonyl (C=O) groups excluding carboxylic acids is 1. The van der Waals surface area contributed by atoms with Crippen molar-refractivity contribution in [1.29, 1.82) is 0 Å². The van der Waals surface area contributed by atoms with Crippen LogP contribution in [-0.2, 0) is 9.59 Å². The molecule has 0 aromatic rings. The number of hydrogen-bond acceptors (Lipinski definition) is 2. The number of carbonyl (C=O) groups is 2. The number of amides is 1. The second-order valence-electron chi connectivity index (χ2n) is 7.19. The van der Waals surface area contributed by atoms with Crippen LogP contribution in [0.3, 0.4) is 0 Å². The minimum Gasteiger partial charge on any atom is -0.481 e. The quantitative estimate of drug-likeness (QED) is 0.825. The zero-order valence-corrected chi connectivity index (χ0v) is 11.2. The van der Waals surface area contributed by atoms with Gasteiger partial charge in [-0.3, -0.25) is 9.59 Å². The molecule has 4 nitrogen and oxygen atoms in total. The maximum atomic E-state index is 12.5. The predicted octanol–water partition coefficient (Wildman–Crippen LogP) is 1.75. The van der Waals surface area contributed by atoms with Gasteiger partial charge in [0.2, 0.25) is 5.91 Å². The molecule has 1 N–H and O–H groups in total. The second-order valence-corrected chi connectivity index (χ2v) is 7.19. The van der Waals surface area contributed by atoms with E-state index in [2.05, 4.69) is 0 Å². The van der Waals surface area contributed by atoms with Gasteiger partial charge in [0.15, 0.2) is 0 Å². The van der Waals surface area contributed by atoms with Crippen molar-refractivity contribution in [1.82, 2.24) is 4.90 Å². The molecule has 5 atom stereocenters. The fraction of sp³-hybridized carbons (Fsp3) is 0.867. The molecule has 0 spiro atoms. The van der Waals surface area contributed by atoms with Gasteiger partial charge < -0.3 is 10.0 Å². The van der Waals surface area contributed by atoms with Gasteiger partial charge in [0.1, 0.15) is 0 Å². The van der Waals surface area contributed by atoms with Crippen LogP contribution >= 0.6 is 0 Å². The molecule has 1 amide bonds. The Hall–Kier alpha value is -1.06. The molecule has 3 aliphatic carbocycles. The Bertz CT molecular complexity index is 439. The van der Waals surface area contributed by atoms with Gasteiger partial charge in [0, 0.05) is 19.0 Å². The van der Waals surface area contributed by atoms with E-state index in [-0.39, 0.29) is 17.7 Å². The SMILES string of the molecule is O=C(C1C[C@@H]2C[C@@H]2C1)N1C[C@@H]2CCC[C@]2(C(=O)O)C1. The Kier molecular flexibility index (Phi) is 2.31. The molecule has 0 aromatic heterocycles. The number of nitrogens with zero attached hydrogens (tertiary/aromatic N) is 1. The van der Waals surface area contributed by atoms with Crippen LogP contribution in [-0.4, -0.2) is 35.0 Å². The van der Waals surface area contributed by atoms with E-state index in [9.17, 15) is 14.7 Å². The van der Waals surface area contributed by atoms with Crippen molar-refractivity contribution in [2.75, 3.05) is 13.1 Å². The van der Waals surface area contributed by atoms with E-state index in [0.717, 1.165) is 43.9 Å². The summed E-state index contributed by atoms with van der Waals surface area (Å²) >= 11 is 0. The third-order valence-electron chi connectivity index (χ3n) is 6.20. The summed E-state index contributed by atoms with van der Waals surface area (Å²) in [6.07, 6.45) is 6.19. The van der Waals surface area contributed by atoms with Gasteiger partial charge in [0.05, 0.1) is 5.41 Å². The second kappa shape index (κ2) is 3.74. The predicted molar refractivity (Wildman–Crippen MR) is 68.3 cm³/mol. The largest absolute Gasteiger partial charge is 0.481 e. The Balaban J connectivity index is 1.49. The minimum atomic E-state index is -0.681. The van der Waals surface area contributed by atoms with E-state index >= 15 is 0 Å². The first-order chi connectivity index (χ1) is 9.10. The summed E-state index contributed by atoms with van der Waals surface area (Å²) in [5, 5.41) is 9.55. The van der Waals surface area contributed by atoms with E-state index in [1.54, 1.807) is 0 Å². The number of carboxylic acid groups (broad SMARTS) is 1. The third-order valence-corrected chi connectivity index (χ3v) is 6.20. The maximum absolute atomic E-state index is 12.5. The van der Waals surface area contributed by atoms with Crippen LogP contribution in [0.1, 0.15) is 38.5 Å². The van der Waals surface area contributed by atoms with Gasteiger partial charge in [-0.1, -0.05) is 6.42 Å². The van der Waals surface area contributed by atoms with Gasteiger partial charge in [0.25, 0.3) is 0 Å². The summed E-state index contributed by atoms with van der Waals surface area (Å²) in [5.41, 5.74) is -0.614. The van der Waals surface area contributed by atoms with Crippen molar-refractivity contribution in [3.05, 3.63) is 0 Å². The fourth-order valence-electron chi connectivity index (χ4n) is 4.98. The van der Waals surface area contributed by atoms with Gasteiger partial charge in [-0.15, -0.1) is 0 Å². The van der Waals surface area contributed by atoms with E-state index in [0.29, 0.717) is 13.1 Å². The monoisotopic (exact) mass is 263 g/mol. The topological polar surface area (TPSA) is 57.6 Å². The molecule has 1 heterocycles. The van der Waals surface area contributed by atoms with Crippen LogP contribution in [0, 0.1) is 29.1 Å². The number of hydrogen-bond donors (Lipinski definition) is 1. The average molecular weight is 263 g/mol. The summed E-state index contributed by atoms with van der Waals surface area (Å²) in [7, 11) is 0. The highest BCUT2D eigenvalue weighted by Gasteiger charge is 2.57. The lowest BCUT2D eigenvalue weighted by Gasteiger charge is -2.25. The van der Waals surface area contributed by atoms with Crippen LogP contribution in [0.15, 0.2) is 0 Å². The van der Waals surface area contributed by atoms with E-state index in [1.807, 2.05) is 4.90 Å². The lowest BCUT2D eigenvalue weighted by atomic mass is 9.81. The molecule has 3 saturated carbocycles. The van der Waals surface area contributed by atoms with Crippen LogP contribution in [0.5, 0.6) is 0 Å². The van der Waals surface area contributed by atoms with Crippen molar-refractivity contribution < 1.29 is 14.7 Å². The minimum absolute atomic E-state index is 0.199. The number of fused-ring (bicyclic) bond motifs is 2. The lowest BCUT2D eigenvalue weighted by molar-refractivity contribution is -0.149. The van der Waals surface area contributed by atoms with Gasteiger partial charge >= 0.3 is 5.97 Å². The van der Waals surface area contributed by atoms with Crippen LogP contribution in [0.4, 0.5) is 0 Å². The highest BCUT2D eigenvalue weighted by atomic mass is 16.4. The Morgan fingerprint density at radius 1 is 1.16 bits per heavy atom. The fourth-order valence-corrected chi connectivity index (χ4v) is 4.98. The molecule has 4 heteroatoms. The first-order valence-electron chi connectivity index (χ1n) is 7.62. The van der Waals surface area contributed by atoms with Crippen molar-refractivity contribution >= 4 is 11.9 Å². The van der Waals surface area contributed by atoms with Crippen molar-refractivity contribution in [2.24, 2.45) is 29.1 Å². The summed E-state index contributed by atoms with van der Waals surface area (Å²) in [4.78, 5) is 26.0. The van der Waals surface area contributed by atoms with E-state index < -0.39 is 11.4 Å². The summed E-state index contributed by atoms with van der Waals surface area (Å²) < 4.78 is 0. The van der Waals surface area contributed by atoms with Gasteiger partial charge in [-0.25, -0.2) is 0 Å².